The summed E-state index contributed by atoms with van der Waals surface area (Å²) in [6, 6.07) is 0. The molecule has 1 saturated heterocycles. The summed E-state index contributed by atoms with van der Waals surface area (Å²) in [6.07, 6.45) is 3.58. The zero-order valence-corrected chi connectivity index (χ0v) is 10.9. The Kier molecular flexibility index (Phi) is 6.46. The van der Waals surface area contributed by atoms with Crippen LogP contribution in [0.1, 0.15) is 32.6 Å². The van der Waals surface area contributed by atoms with Gasteiger partial charge >= 0.3 is 0 Å². The number of nitrogens with zero attached hydrogens (tertiary/aromatic N) is 1. The number of quaternary nitrogens is 1. The van der Waals surface area contributed by atoms with E-state index in [1.807, 2.05) is 0 Å². The van der Waals surface area contributed by atoms with Crippen molar-refractivity contribution in [3.63, 3.8) is 0 Å². The van der Waals surface area contributed by atoms with Crippen molar-refractivity contribution >= 4 is 0 Å². The van der Waals surface area contributed by atoms with E-state index in [9.17, 15) is 4.39 Å². The van der Waals surface area contributed by atoms with Crippen LogP contribution in [0.4, 0.5) is 4.39 Å². The molecule has 1 fully saturated rings. The molecule has 0 spiro atoms. The first-order valence-corrected chi connectivity index (χ1v) is 5.14. The highest BCUT2D eigenvalue weighted by Gasteiger charge is 2.28. The number of hydrogen-bond donors (Lipinski definition) is 0. The molecule has 0 aromatic carbocycles. The van der Waals surface area contributed by atoms with Gasteiger partial charge in [-0.05, 0) is 6.42 Å². The Morgan fingerprint density at radius 1 is 1.31 bits per heavy atom. The third kappa shape index (κ3) is 4.58. The molecular weight excluding hydrogens is 280 g/mol. The fourth-order valence-electron chi connectivity index (χ4n) is 1.92. The molecule has 0 aromatic rings. The molecule has 13 heavy (non-hydrogen) atoms. The molecule has 0 aromatic heterocycles. The van der Waals surface area contributed by atoms with Crippen LogP contribution in [0, 0.1) is 0 Å². The van der Waals surface area contributed by atoms with Gasteiger partial charge in [0.2, 0.25) is 0 Å². The van der Waals surface area contributed by atoms with Gasteiger partial charge < -0.3 is 28.5 Å². The first-order valence-electron chi connectivity index (χ1n) is 5.14. The lowest BCUT2D eigenvalue weighted by Gasteiger charge is -2.38. The zero-order chi connectivity index (χ0) is 9.03. The average molecular weight is 301 g/mol. The van der Waals surface area contributed by atoms with Crippen molar-refractivity contribution in [1.82, 2.24) is 0 Å². The van der Waals surface area contributed by atoms with Crippen molar-refractivity contribution in [2.75, 3.05) is 26.7 Å². The van der Waals surface area contributed by atoms with Gasteiger partial charge in [0.05, 0.1) is 26.7 Å². The Bertz CT molecular complexity index is 127. The second-order valence-corrected chi connectivity index (χ2v) is 4.32. The standard InChI is InChI=1S/C10H21FN.HI/c1-3-4-7-12(2)8-5-10(11)6-9-12;/h10H,3-9H2,1-2H3;1H/q+1;/p-1. The van der Waals surface area contributed by atoms with E-state index in [-0.39, 0.29) is 24.0 Å². The third-order valence-electron chi connectivity index (χ3n) is 3.02. The number of hydrogen-bond acceptors (Lipinski definition) is 0. The van der Waals surface area contributed by atoms with Crippen LogP contribution in [0.15, 0.2) is 0 Å². The van der Waals surface area contributed by atoms with Crippen molar-refractivity contribution in [2.24, 2.45) is 0 Å². The molecule has 0 atom stereocenters. The highest BCUT2D eigenvalue weighted by molar-refractivity contribution is 4.61. The van der Waals surface area contributed by atoms with Gasteiger partial charge in [0.25, 0.3) is 0 Å². The van der Waals surface area contributed by atoms with Crippen LogP contribution in [0.3, 0.4) is 0 Å². The maximum atomic E-state index is 12.8. The predicted molar refractivity (Wildman–Crippen MR) is 49.8 cm³/mol. The Morgan fingerprint density at radius 2 is 1.85 bits per heavy atom. The summed E-state index contributed by atoms with van der Waals surface area (Å²) in [5.74, 6) is 0. The molecule has 0 amide bonds. The maximum Gasteiger partial charge on any atom is 0.111 e. The number of piperidine rings is 1. The SMILES string of the molecule is CCCC[N+]1(C)CCC(F)CC1.[I-]. The van der Waals surface area contributed by atoms with Crippen molar-refractivity contribution in [3.8, 4) is 0 Å². The summed E-state index contributed by atoms with van der Waals surface area (Å²) < 4.78 is 13.9. The zero-order valence-electron chi connectivity index (χ0n) is 8.73. The van der Waals surface area contributed by atoms with Gasteiger partial charge in [-0.15, -0.1) is 0 Å². The first kappa shape index (κ1) is 13.6. The van der Waals surface area contributed by atoms with Gasteiger partial charge in [-0.1, -0.05) is 13.3 Å². The second-order valence-electron chi connectivity index (χ2n) is 4.32. The van der Waals surface area contributed by atoms with Crippen LogP contribution in [-0.2, 0) is 0 Å². The fourth-order valence-corrected chi connectivity index (χ4v) is 1.92. The van der Waals surface area contributed by atoms with E-state index in [2.05, 4.69) is 14.0 Å². The molecule has 0 unspecified atom stereocenters. The first-order chi connectivity index (χ1) is 5.66. The monoisotopic (exact) mass is 301 g/mol. The topological polar surface area (TPSA) is 0 Å². The van der Waals surface area contributed by atoms with Gasteiger partial charge in [-0.3, -0.25) is 0 Å². The summed E-state index contributed by atoms with van der Waals surface area (Å²) in [6.45, 7) is 5.54. The quantitative estimate of drug-likeness (QED) is 0.481. The van der Waals surface area contributed by atoms with E-state index in [0.29, 0.717) is 0 Å². The number of likely N-dealkylation sites (tertiary alicyclic amines) is 1. The molecule has 1 nitrogen and oxygen atoms in total. The van der Waals surface area contributed by atoms with Gasteiger partial charge in [0, 0.05) is 12.8 Å². The predicted octanol–water partition coefficient (Wildman–Crippen LogP) is -0.631. The normalized spacial score (nSPS) is 33.9. The lowest BCUT2D eigenvalue weighted by Crippen LogP contribution is -3.00. The number of unbranched alkanes of at least 4 members (excludes halogenated alkanes) is 1. The Hall–Kier alpha value is 0.620. The summed E-state index contributed by atoms with van der Waals surface area (Å²) >= 11 is 0. The molecule has 1 heterocycles. The summed E-state index contributed by atoms with van der Waals surface area (Å²) in [4.78, 5) is 0. The van der Waals surface area contributed by atoms with Gasteiger partial charge in [-0.25, -0.2) is 4.39 Å². The number of rotatable bonds is 3. The van der Waals surface area contributed by atoms with Crippen LogP contribution in [-0.4, -0.2) is 37.3 Å². The highest BCUT2D eigenvalue weighted by Crippen LogP contribution is 2.19. The molecule has 0 N–H and O–H groups in total. The van der Waals surface area contributed by atoms with Gasteiger partial charge in [0.15, 0.2) is 0 Å². The molecule has 3 heteroatoms. The second kappa shape index (κ2) is 6.17. The molecule has 1 aliphatic rings. The summed E-state index contributed by atoms with van der Waals surface area (Å²) in [7, 11) is 2.27. The molecule has 1 rings (SSSR count). The molecule has 0 saturated carbocycles. The number of alkyl halides is 1. The van der Waals surface area contributed by atoms with Crippen LogP contribution in [0.2, 0.25) is 0 Å². The van der Waals surface area contributed by atoms with Crippen LogP contribution >= 0.6 is 0 Å². The summed E-state index contributed by atoms with van der Waals surface area (Å²) in [5, 5.41) is 0. The van der Waals surface area contributed by atoms with Crippen LogP contribution < -0.4 is 24.0 Å². The van der Waals surface area contributed by atoms with Crippen molar-refractivity contribution in [3.05, 3.63) is 0 Å². The molecule has 0 radical (unpaired) electrons. The van der Waals surface area contributed by atoms with E-state index in [1.54, 1.807) is 0 Å². The van der Waals surface area contributed by atoms with E-state index in [1.165, 1.54) is 19.4 Å². The van der Waals surface area contributed by atoms with Crippen molar-refractivity contribution in [2.45, 2.75) is 38.8 Å². The van der Waals surface area contributed by atoms with E-state index in [4.69, 9.17) is 0 Å². The number of halogens is 2. The largest absolute Gasteiger partial charge is 1.00 e. The fraction of sp³-hybridized carbons (Fsp3) is 1.00. The maximum absolute atomic E-state index is 12.8. The Morgan fingerprint density at radius 3 is 2.31 bits per heavy atom. The van der Waals surface area contributed by atoms with Crippen LogP contribution in [0.5, 0.6) is 0 Å². The lowest BCUT2D eigenvalue weighted by molar-refractivity contribution is -0.915. The molecule has 0 aliphatic carbocycles. The lowest BCUT2D eigenvalue weighted by atomic mass is 10.1. The molecular formula is C10H21FIN. The van der Waals surface area contributed by atoms with E-state index < -0.39 is 6.17 Å². The van der Waals surface area contributed by atoms with Gasteiger partial charge in [0.1, 0.15) is 6.17 Å². The average Bonchev–Trinajstić information content (AvgIpc) is 2.08. The Balaban J connectivity index is 0.00000144. The minimum absolute atomic E-state index is 0. The molecule has 80 valence electrons. The van der Waals surface area contributed by atoms with E-state index in [0.717, 1.165) is 30.4 Å². The summed E-state index contributed by atoms with van der Waals surface area (Å²) in [5.41, 5.74) is 0. The van der Waals surface area contributed by atoms with Crippen LogP contribution in [0.25, 0.3) is 0 Å². The van der Waals surface area contributed by atoms with Crippen molar-refractivity contribution < 1.29 is 32.9 Å². The minimum Gasteiger partial charge on any atom is -1.00 e. The molecule has 0 bridgehead atoms. The third-order valence-corrected chi connectivity index (χ3v) is 3.02. The van der Waals surface area contributed by atoms with E-state index >= 15 is 0 Å². The minimum atomic E-state index is -0.516. The molecule has 1 aliphatic heterocycles. The Labute approximate surface area is 98.3 Å². The van der Waals surface area contributed by atoms with Crippen molar-refractivity contribution in [1.29, 1.82) is 0 Å². The smallest absolute Gasteiger partial charge is 0.111 e. The van der Waals surface area contributed by atoms with Gasteiger partial charge in [-0.2, -0.15) is 0 Å². The highest BCUT2D eigenvalue weighted by atomic mass is 127.